The Kier molecular flexibility index (Phi) is 16.7. The van der Waals surface area contributed by atoms with E-state index in [0.29, 0.717) is 0 Å². The van der Waals surface area contributed by atoms with Gasteiger partial charge >= 0.3 is 0 Å². The molecular weight excluding hydrogens is 1350 g/mol. The molecule has 112 heavy (non-hydrogen) atoms. The van der Waals surface area contributed by atoms with Crippen molar-refractivity contribution in [1.29, 1.82) is 0 Å². The third kappa shape index (κ3) is 11.8. The summed E-state index contributed by atoms with van der Waals surface area (Å²) in [5, 5.41) is 0. The minimum absolute atomic E-state index is 1.10. The van der Waals surface area contributed by atoms with E-state index in [2.05, 4.69) is 316 Å². The molecule has 0 amide bonds. The zero-order chi connectivity index (χ0) is 73.7. The lowest BCUT2D eigenvalue weighted by atomic mass is 9.96. The first kappa shape index (κ1) is 66.7. The molecule has 0 atom stereocenters. The molecule has 0 bridgehead atoms. The van der Waals surface area contributed by atoms with Gasteiger partial charge in [-0.15, -0.1) is 0 Å². The van der Waals surface area contributed by atoms with Crippen molar-refractivity contribution in [3.8, 4) is 77.9 Å². The highest BCUT2D eigenvalue weighted by Crippen LogP contribution is 2.48. The monoisotopic (exact) mass is 1430 g/mol. The third-order valence-electron chi connectivity index (χ3n) is 26.6. The number of hydrogen-bond acceptors (Lipinski definition) is 0. The largest absolute Gasteiger partial charge is 0.0795 e. The number of hydrogen-bond donors (Lipinski definition) is 0. The Balaban J connectivity index is 0.0000000801. The van der Waals surface area contributed by atoms with E-state index in [4.69, 9.17) is 0 Å². The van der Waals surface area contributed by atoms with E-state index < -0.39 is 0 Å². The van der Waals surface area contributed by atoms with E-state index in [1.165, 1.54) is 222 Å². The zero-order valence-corrected chi connectivity index (χ0v) is 63.8. The van der Waals surface area contributed by atoms with Gasteiger partial charge in [0.05, 0.1) is 0 Å². The van der Waals surface area contributed by atoms with E-state index in [-0.39, 0.29) is 0 Å². The molecule has 0 heterocycles. The second-order valence-electron chi connectivity index (χ2n) is 33.0. The predicted molar refractivity (Wildman–Crippen MR) is 471 cm³/mol. The van der Waals surface area contributed by atoms with Crippen molar-refractivity contribution in [2.45, 2.75) is 116 Å². The molecule has 0 saturated carbocycles. The summed E-state index contributed by atoms with van der Waals surface area (Å²) >= 11 is 0. The van der Waals surface area contributed by atoms with Gasteiger partial charge in [-0.25, -0.2) is 0 Å². The van der Waals surface area contributed by atoms with Gasteiger partial charge in [-0.3, -0.25) is 0 Å². The fourth-order valence-corrected chi connectivity index (χ4v) is 21.3. The summed E-state index contributed by atoms with van der Waals surface area (Å²) in [6, 6.07) is 94.4. The third-order valence-corrected chi connectivity index (χ3v) is 26.6. The van der Waals surface area contributed by atoms with Crippen LogP contribution in [0.4, 0.5) is 0 Å². The van der Waals surface area contributed by atoms with Crippen molar-refractivity contribution in [2.24, 2.45) is 0 Å². The summed E-state index contributed by atoms with van der Waals surface area (Å²) in [4.78, 5) is 0. The summed E-state index contributed by atoms with van der Waals surface area (Å²) in [6.45, 7) is 0. The average Bonchev–Trinajstić information content (AvgIpc) is 1.61. The SMILES string of the molecule is C1=Cc2c(ccc3c2Cc2ccccc2-3)C1.C1=Cc2cc3c(cc2C1)-c1ccccc1C3.C1=Cc2cc3c(cc2C1)Cc1ccccc1-3.C1=Cc2ccc3c(c2C1)-c1ccccc1C3.C1=Cc2ccc3c(c2C1)Cc1ccccc1-3.c1ccc2c(c1)Cc1cc3c(cc1-2)CCC3.c1ccc2c(c1)Cc1ccc3c(c1-2)CCC3. The van der Waals surface area contributed by atoms with Gasteiger partial charge in [0.25, 0.3) is 0 Å². The van der Waals surface area contributed by atoms with Crippen LogP contribution in [0, 0.1) is 0 Å². The zero-order valence-electron chi connectivity index (χ0n) is 63.8. The molecule has 0 aliphatic heterocycles. The Morgan fingerprint density at radius 3 is 1.13 bits per heavy atom. The van der Waals surface area contributed by atoms with Gasteiger partial charge in [-0.1, -0.05) is 303 Å². The molecule has 14 aromatic carbocycles. The van der Waals surface area contributed by atoms with Crippen LogP contribution < -0.4 is 0 Å². The van der Waals surface area contributed by atoms with Crippen LogP contribution in [0.15, 0.2) is 285 Å². The van der Waals surface area contributed by atoms with Crippen LogP contribution in [-0.2, 0) is 103 Å². The summed E-state index contributed by atoms with van der Waals surface area (Å²) in [7, 11) is 0. The lowest BCUT2D eigenvalue weighted by molar-refractivity contribution is 0.911. The minimum atomic E-state index is 1.10. The molecule has 536 valence electrons. The van der Waals surface area contributed by atoms with E-state index in [9.17, 15) is 0 Å². The van der Waals surface area contributed by atoms with Gasteiger partial charge < -0.3 is 0 Å². The summed E-state index contributed by atoms with van der Waals surface area (Å²) in [5.74, 6) is 0. The van der Waals surface area contributed by atoms with Crippen LogP contribution in [0.5, 0.6) is 0 Å². The second-order valence-corrected chi connectivity index (χ2v) is 33.0. The van der Waals surface area contributed by atoms with Crippen molar-refractivity contribution in [3.63, 3.8) is 0 Å². The van der Waals surface area contributed by atoms with Gasteiger partial charge in [0.2, 0.25) is 0 Å². The lowest BCUT2D eigenvalue weighted by Gasteiger charge is -2.08. The summed E-state index contributed by atoms with van der Waals surface area (Å²) in [5.41, 5.74) is 62.8. The topological polar surface area (TPSA) is 0 Å². The Morgan fingerprint density at radius 2 is 0.518 bits per heavy atom. The average molecular weight is 1430 g/mol. The molecule has 0 heteroatoms. The summed E-state index contributed by atoms with van der Waals surface area (Å²) < 4.78 is 0. The quantitative estimate of drug-likeness (QED) is 0.142. The number of aryl methyl sites for hydroxylation is 3. The highest BCUT2D eigenvalue weighted by atomic mass is 14.3. The summed E-state index contributed by atoms with van der Waals surface area (Å²) in [6.07, 6.45) is 43.8. The van der Waals surface area contributed by atoms with Crippen molar-refractivity contribution in [1.82, 2.24) is 0 Å². The molecular formula is C112H88. The fraction of sp³-hybridized carbons (Fsp3) is 0.161. The van der Waals surface area contributed by atoms with E-state index >= 15 is 0 Å². The van der Waals surface area contributed by atoms with Gasteiger partial charge in [-0.2, -0.15) is 0 Å². The van der Waals surface area contributed by atoms with Gasteiger partial charge in [-0.05, 0) is 361 Å². The molecule has 14 aromatic rings. The standard InChI is InChI=1S/C16H14.2C16H12.C16H14.3C16H12/c3*1-2-7-15-13(4-1)9-14-8-11-5-3-6-12(11)10-16(14)15;2*1-2-6-15-12(4-1)10-13-9-8-11-5-3-7-14(11)16(13)15;2*1-2-6-14-12(4-1)10-16-13-7-3-5-11(13)8-9-15(14)16/h1-2,4,7-8,10H,3,5-6,9H2;1-4,6-8,10H,5,9H2;1-5,7-8,10H,6,9H2;1-2,4,6,8-9H,3,5,7,10H2;1-6,8-9H,7,10H2;1-4,6-9H,5,10H2;1-6,8-9H,7,10H2. The second kappa shape index (κ2) is 28.0. The highest BCUT2D eigenvalue weighted by molar-refractivity contribution is 5.88. The molecule has 0 N–H and O–H groups in total. The van der Waals surface area contributed by atoms with Crippen LogP contribution in [0.25, 0.3) is 108 Å². The highest BCUT2D eigenvalue weighted by Gasteiger charge is 2.30. The molecule has 28 rings (SSSR count). The molecule has 0 aromatic heterocycles. The maximum atomic E-state index is 2.46. The number of rotatable bonds is 0. The van der Waals surface area contributed by atoms with Crippen molar-refractivity contribution in [3.05, 3.63) is 441 Å². The molecule has 0 saturated heterocycles. The van der Waals surface area contributed by atoms with Crippen LogP contribution >= 0.6 is 0 Å². The molecule has 0 unspecified atom stereocenters. The maximum Gasteiger partial charge on any atom is -0.000740 e. The molecule has 0 radical (unpaired) electrons. The Morgan fingerprint density at radius 1 is 0.161 bits per heavy atom. The lowest BCUT2D eigenvalue weighted by Crippen LogP contribution is -1.91. The van der Waals surface area contributed by atoms with Gasteiger partial charge in [0, 0.05) is 0 Å². The van der Waals surface area contributed by atoms with Crippen LogP contribution in [0.2, 0.25) is 0 Å². The van der Waals surface area contributed by atoms with Crippen LogP contribution in [0.1, 0.15) is 169 Å². The normalized spacial score (nSPS) is 15.0. The van der Waals surface area contributed by atoms with Gasteiger partial charge in [0.1, 0.15) is 0 Å². The Hall–Kier alpha value is -12.2. The predicted octanol–water partition coefficient (Wildman–Crippen LogP) is 26.6. The van der Waals surface area contributed by atoms with Crippen LogP contribution in [-0.4, -0.2) is 0 Å². The number of benzene rings is 14. The molecule has 0 fully saturated rings. The number of allylic oxidation sites excluding steroid dienone is 5. The smallest absolute Gasteiger partial charge is 0.000740 e. The maximum absolute atomic E-state index is 2.46. The molecule has 0 spiro atoms. The fourth-order valence-electron chi connectivity index (χ4n) is 21.3. The first-order valence-electron chi connectivity index (χ1n) is 41.4. The number of fused-ring (bicyclic) bond motifs is 32. The van der Waals surface area contributed by atoms with Crippen molar-refractivity contribution >= 4 is 30.4 Å². The van der Waals surface area contributed by atoms with Crippen molar-refractivity contribution < 1.29 is 0 Å². The van der Waals surface area contributed by atoms with Crippen LogP contribution in [0.3, 0.4) is 0 Å². The minimum Gasteiger partial charge on any atom is -0.0795 e. The first-order valence-corrected chi connectivity index (χ1v) is 41.4. The van der Waals surface area contributed by atoms with Gasteiger partial charge in [0.15, 0.2) is 0 Å². The van der Waals surface area contributed by atoms with E-state index in [1.807, 2.05) is 0 Å². The van der Waals surface area contributed by atoms with E-state index in [1.54, 1.807) is 50.1 Å². The van der Waals surface area contributed by atoms with E-state index in [0.717, 1.165) is 77.0 Å². The first-order chi connectivity index (χ1) is 55.5. The molecule has 0 nitrogen and oxygen atoms in total. The van der Waals surface area contributed by atoms with Crippen molar-refractivity contribution in [2.75, 3.05) is 0 Å². The Bertz CT molecular complexity index is 6320. The molecule has 14 aliphatic rings. The Labute approximate surface area is 660 Å². The molecule has 14 aliphatic carbocycles.